The number of aromatic nitrogens is 3. The number of pyridine rings is 1. The van der Waals surface area contributed by atoms with E-state index >= 15 is 0 Å². The third-order valence-corrected chi connectivity index (χ3v) is 3.54. The topological polar surface area (TPSA) is 101 Å². The largest absolute Gasteiger partial charge is 0.340 e. The summed E-state index contributed by atoms with van der Waals surface area (Å²) in [6.45, 7) is 3.36. The fraction of sp³-hybridized carbons (Fsp3) is 0.176. The molecule has 1 aromatic carbocycles. The van der Waals surface area contributed by atoms with Crippen molar-refractivity contribution in [3.05, 3.63) is 69.7 Å². The maximum atomic E-state index is 13.3. The maximum Gasteiger partial charge on any atom is 0.260 e. The van der Waals surface area contributed by atoms with Crippen molar-refractivity contribution in [1.29, 1.82) is 0 Å². The van der Waals surface area contributed by atoms with E-state index in [-0.39, 0.29) is 17.3 Å². The molecule has 1 atom stereocenters. The van der Waals surface area contributed by atoms with Gasteiger partial charge in [-0.15, -0.1) is 0 Å². The Morgan fingerprint density at radius 3 is 2.84 bits per heavy atom. The van der Waals surface area contributed by atoms with E-state index in [0.29, 0.717) is 11.3 Å². The van der Waals surface area contributed by atoms with E-state index in [1.54, 1.807) is 26.0 Å². The Labute approximate surface area is 141 Å². The number of aromatic amines is 1. The summed E-state index contributed by atoms with van der Waals surface area (Å²) in [6, 6.07) is 8.24. The first-order valence-electron chi connectivity index (χ1n) is 7.54. The van der Waals surface area contributed by atoms with Gasteiger partial charge in [0, 0.05) is 11.3 Å². The van der Waals surface area contributed by atoms with Crippen LogP contribution in [0, 0.1) is 12.7 Å². The number of aryl methyl sites for hydroxylation is 1. The number of hydrogen-bond donors (Lipinski definition) is 2. The zero-order valence-electron chi connectivity index (χ0n) is 13.5. The SMILES string of the molecule is Cc1ccc(C(=O)N[C@@H](C)c2nc(-c3cccc(F)c3)no2)c(=O)[nH]1. The number of nitrogens with zero attached hydrogens (tertiary/aromatic N) is 2. The smallest absolute Gasteiger partial charge is 0.260 e. The lowest BCUT2D eigenvalue weighted by Crippen LogP contribution is -2.31. The van der Waals surface area contributed by atoms with Gasteiger partial charge in [-0.25, -0.2) is 4.39 Å². The van der Waals surface area contributed by atoms with Crippen LogP contribution in [0.15, 0.2) is 45.7 Å². The van der Waals surface area contributed by atoms with Crippen LogP contribution in [0.25, 0.3) is 11.4 Å². The highest BCUT2D eigenvalue weighted by Gasteiger charge is 2.19. The normalized spacial score (nSPS) is 12.0. The molecule has 0 fully saturated rings. The molecule has 1 amide bonds. The third-order valence-electron chi connectivity index (χ3n) is 3.54. The molecule has 0 saturated carbocycles. The third kappa shape index (κ3) is 3.63. The summed E-state index contributed by atoms with van der Waals surface area (Å²) < 4.78 is 18.4. The van der Waals surface area contributed by atoms with E-state index in [1.165, 1.54) is 24.3 Å². The minimum atomic E-state index is -0.622. The number of amides is 1. The van der Waals surface area contributed by atoms with Gasteiger partial charge in [0.05, 0.1) is 0 Å². The molecule has 128 valence electrons. The monoisotopic (exact) mass is 342 g/mol. The minimum Gasteiger partial charge on any atom is -0.340 e. The van der Waals surface area contributed by atoms with Gasteiger partial charge in [-0.05, 0) is 38.1 Å². The number of carbonyl (C=O) groups is 1. The van der Waals surface area contributed by atoms with Gasteiger partial charge < -0.3 is 14.8 Å². The molecule has 7 nitrogen and oxygen atoms in total. The van der Waals surface area contributed by atoms with Gasteiger partial charge in [-0.1, -0.05) is 17.3 Å². The lowest BCUT2D eigenvalue weighted by Gasteiger charge is -2.09. The van der Waals surface area contributed by atoms with Gasteiger partial charge in [0.2, 0.25) is 11.7 Å². The molecule has 2 aromatic heterocycles. The summed E-state index contributed by atoms with van der Waals surface area (Å²) in [4.78, 5) is 30.7. The van der Waals surface area contributed by atoms with Gasteiger partial charge >= 0.3 is 0 Å². The number of nitrogens with one attached hydrogen (secondary N) is 2. The summed E-state index contributed by atoms with van der Waals surface area (Å²) in [5, 5.41) is 6.41. The molecule has 0 aliphatic carbocycles. The van der Waals surface area contributed by atoms with Crippen LogP contribution in [0.2, 0.25) is 0 Å². The van der Waals surface area contributed by atoms with Crippen molar-refractivity contribution in [2.24, 2.45) is 0 Å². The number of hydrogen-bond acceptors (Lipinski definition) is 5. The van der Waals surface area contributed by atoms with Gasteiger partial charge in [-0.3, -0.25) is 9.59 Å². The van der Waals surface area contributed by atoms with Gasteiger partial charge in [0.1, 0.15) is 17.4 Å². The predicted molar refractivity (Wildman–Crippen MR) is 87.4 cm³/mol. The molecule has 2 N–H and O–H groups in total. The van der Waals surface area contributed by atoms with Crippen LogP contribution in [-0.4, -0.2) is 21.0 Å². The fourth-order valence-corrected chi connectivity index (χ4v) is 2.24. The van der Waals surface area contributed by atoms with Crippen molar-refractivity contribution in [3.63, 3.8) is 0 Å². The van der Waals surface area contributed by atoms with Gasteiger partial charge in [0.15, 0.2) is 0 Å². The molecular weight excluding hydrogens is 327 g/mol. The minimum absolute atomic E-state index is 0.0117. The number of carbonyl (C=O) groups excluding carboxylic acids is 1. The first kappa shape index (κ1) is 16.6. The van der Waals surface area contributed by atoms with E-state index < -0.39 is 23.3 Å². The van der Waals surface area contributed by atoms with Crippen LogP contribution in [0.3, 0.4) is 0 Å². The van der Waals surface area contributed by atoms with Crippen LogP contribution >= 0.6 is 0 Å². The number of H-pyrrole nitrogens is 1. The lowest BCUT2D eigenvalue weighted by molar-refractivity contribution is 0.0931. The average molecular weight is 342 g/mol. The zero-order chi connectivity index (χ0) is 18.0. The first-order chi connectivity index (χ1) is 11.9. The van der Waals surface area contributed by atoms with Crippen LogP contribution in [0.1, 0.15) is 34.9 Å². The fourth-order valence-electron chi connectivity index (χ4n) is 2.24. The highest BCUT2D eigenvalue weighted by Crippen LogP contribution is 2.19. The molecule has 0 bridgehead atoms. The number of rotatable bonds is 4. The van der Waals surface area contributed by atoms with E-state index in [0.717, 1.165) is 0 Å². The van der Waals surface area contributed by atoms with Crippen molar-refractivity contribution >= 4 is 5.91 Å². The summed E-state index contributed by atoms with van der Waals surface area (Å²) >= 11 is 0. The van der Waals surface area contributed by atoms with Crippen LogP contribution < -0.4 is 10.9 Å². The molecule has 3 rings (SSSR count). The van der Waals surface area contributed by atoms with Crippen LogP contribution in [-0.2, 0) is 0 Å². The first-order valence-corrected chi connectivity index (χ1v) is 7.54. The van der Waals surface area contributed by atoms with Crippen LogP contribution in [0.4, 0.5) is 4.39 Å². The Hall–Kier alpha value is -3.29. The maximum absolute atomic E-state index is 13.3. The zero-order valence-corrected chi connectivity index (χ0v) is 13.5. The van der Waals surface area contributed by atoms with Crippen molar-refractivity contribution in [3.8, 4) is 11.4 Å². The van der Waals surface area contributed by atoms with E-state index in [4.69, 9.17) is 4.52 Å². The summed E-state index contributed by atoms with van der Waals surface area (Å²) in [5.74, 6) is -0.608. The molecule has 0 aliphatic heterocycles. The number of halogens is 1. The lowest BCUT2D eigenvalue weighted by atomic mass is 10.2. The summed E-state index contributed by atoms with van der Waals surface area (Å²) in [5.41, 5.74) is 0.632. The van der Waals surface area contributed by atoms with E-state index in [2.05, 4.69) is 20.4 Å². The van der Waals surface area contributed by atoms with Gasteiger partial charge in [-0.2, -0.15) is 4.98 Å². The molecule has 25 heavy (non-hydrogen) atoms. The quantitative estimate of drug-likeness (QED) is 0.758. The second kappa shape index (κ2) is 6.68. The Morgan fingerprint density at radius 1 is 1.32 bits per heavy atom. The van der Waals surface area contributed by atoms with Crippen molar-refractivity contribution in [1.82, 2.24) is 20.4 Å². The Kier molecular flexibility index (Phi) is 4.42. The van der Waals surface area contributed by atoms with E-state index in [1.807, 2.05) is 0 Å². The molecule has 3 aromatic rings. The standard InChI is InChI=1S/C17H15FN4O3/c1-9-6-7-13(15(23)19-9)16(24)20-10(2)17-21-14(22-25-17)11-4-3-5-12(18)8-11/h3-8,10H,1-2H3,(H,19,23)(H,20,24)/t10-/m0/s1. The highest BCUT2D eigenvalue weighted by molar-refractivity contribution is 5.93. The van der Waals surface area contributed by atoms with Crippen molar-refractivity contribution in [2.45, 2.75) is 19.9 Å². The Balaban J connectivity index is 1.76. The second-order valence-corrected chi connectivity index (χ2v) is 5.55. The molecule has 0 aliphatic rings. The number of benzene rings is 1. The summed E-state index contributed by atoms with van der Waals surface area (Å²) in [6.07, 6.45) is 0. The van der Waals surface area contributed by atoms with E-state index in [9.17, 15) is 14.0 Å². The molecule has 0 unspecified atom stereocenters. The average Bonchev–Trinajstić information content (AvgIpc) is 3.04. The Morgan fingerprint density at radius 2 is 2.12 bits per heavy atom. The van der Waals surface area contributed by atoms with Crippen molar-refractivity contribution < 1.29 is 13.7 Å². The van der Waals surface area contributed by atoms with Crippen molar-refractivity contribution in [2.75, 3.05) is 0 Å². The summed E-state index contributed by atoms with van der Waals surface area (Å²) in [7, 11) is 0. The molecular formula is C17H15FN4O3. The predicted octanol–water partition coefficient (Wildman–Crippen LogP) is 2.36. The molecule has 8 heteroatoms. The molecule has 0 radical (unpaired) electrons. The van der Waals surface area contributed by atoms with Crippen LogP contribution in [0.5, 0.6) is 0 Å². The highest BCUT2D eigenvalue weighted by atomic mass is 19.1. The Bertz CT molecular complexity index is 980. The molecule has 2 heterocycles. The second-order valence-electron chi connectivity index (χ2n) is 5.55. The molecule has 0 spiro atoms. The van der Waals surface area contributed by atoms with Gasteiger partial charge in [0.25, 0.3) is 11.5 Å². The molecule has 0 saturated heterocycles.